The molecule has 0 aliphatic heterocycles. The molecule has 2 heteroatoms. The second-order valence-corrected chi connectivity index (χ2v) is 14.2. The van der Waals surface area contributed by atoms with Crippen LogP contribution in [0.2, 0.25) is 0 Å². The molecule has 260 valence electrons. The number of anilines is 3. The van der Waals surface area contributed by atoms with E-state index in [0.717, 1.165) is 50.3 Å². The molecule has 9 aromatic carbocycles. The maximum Gasteiger partial charge on any atom is 0.137 e. The summed E-state index contributed by atoms with van der Waals surface area (Å²) in [4.78, 5) is 2.38. The Bertz CT molecular complexity index is 2960. The van der Waals surface area contributed by atoms with Crippen LogP contribution in [0.4, 0.5) is 17.1 Å². The second-order valence-electron chi connectivity index (χ2n) is 14.2. The molecule has 0 aliphatic carbocycles. The largest absolute Gasteiger partial charge is 0.456 e. The third-order valence-electron chi connectivity index (χ3n) is 10.8. The van der Waals surface area contributed by atoms with Gasteiger partial charge in [-0.3, -0.25) is 0 Å². The summed E-state index contributed by atoms with van der Waals surface area (Å²) < 4.78 is 6.52. The van der Waals surface area contributed by atoms with E-state index in [2.05, 4.69) is 218 Å². The van der Waals surface area contributed by atoms with Crippen molar-refractivity contribution in [3.8, 4) is 44.5 Å². The number of hydrogen-bond donors (Lipinski definition) is 0. The van der Waals surface area contributed by atoms with E-state index >= 15 is 0 Å². The molecule has 0 saturated carbocycles. The van der Waals surface area contributed by atoms with Crippen molar-refractivity contribution in [1.82, 2.24) is 0 Å². The Labute approximate surface area is 321 Å². The van der Waals surface area contributed by atoms with Crippen molar-refractivity contribution < 1.29 is 4.42 Å². The first-order valence-electron chi connectivity index (χ1n) is 18.8. The van der Waals surface area contributed by atoms with Crippen molar-refractivity contribution in [2.45, 2.75) is 6.92 Å². The number of rotatable bonds is 7. The monoisotopic (exact) mass is 703 g/mol. The standard InChI is InChI=1S/C53H37NO/c1-36-14-13-23-51-53(36)47-31-29-45(35-52(47)55-51)54(50-34-42-22-12-11-21-41(42)33-49(50)40-19-9-4-10-20-40)44-27-24-37(25-28-44)43-26-30-46(38-15-5-2-6-16-38)48(32-43)39-17-7-3-8-18-39/h2-35H,1H3. The van der Waals surface area contributed by atoms with Gasteiger partial charge in [0.05, 0.1) is 5.69 Å². The fourth-order valence-corrected chi connectivity index (χ4v) is 8.07. The van der Waals surface area contributed by atoms with Crippen molar-refractivity contribution in [3.05, 3.63) is 212 Å². The fourth-order valence-electron chi connectivity index (χ4n) is 8.07. The lowest BCUT2D eigenvalue weighted by molar-refractivity contribution is 0.669. The lowest BCUT2D eigenvalue weighted by Gasteiger charge is -2.28. The number of fused-ring (bicyclic) bond motifs is 4. The number of nitrogens with zero attached hydrogens (tertiary/aromatic N) is 1. The van der Waals surface area contributed by atoms with Crippen molar-refractivity contribution in [2.75, 3.05) is 4.90 Å². The molecule has 0 radical (unpaired) electrons. The van der Waals surface area contributed by atoms with Crippen molar-refractivity contribution in [2.24, 2.45) is 0 Å². The van der Waals surface area contributed by atoms with Crippen LogP contribution in [0.3, 0.4) is 0 Å². The summed E-state index contributed by atoms with van der Waals surface area (Å²) >= 11 is 0. The molecule has 10 rings (SSSR count). The molecule has 1 aromatic heterocycles. The fraction of sp³-hybridized carbons (Fsp3) is 0.0189. The SMILES string of the molecule is Cc1cccc2oc3cc(N(c4ccc(-c5ccc(-c6ccccc6)c(-c6ccccc6)c5)cc4)c4cc5ccccc5cc4-c4ccccc4)ccc3c12. The summed E-state index contributed by atoms with van der Waals surface area (Å²) in [6, 6.07) is 74.1. The minimum atomic E-state index is 0.873. The summed E-state index contributed by atoms with van der Waals surface area (Å²) in [6.45, 7) is 2.15. The van der Waals surface area contributed by atoms with Crippen molar-refractivity contribution in [3.63, 3.8) is 0 Å². The van der Waals surface area contributed by atoms with Crippen molar-refractivity contribution >= 4 is 49.8 Å². The van der Waals surface area contributed by atoms with Crippen LogP contribution >= 0.6 is 0 Å². The molecule has 0 aliphatic rings. The average molecular weight is 704 g/mol. The van der Waals surface area contributed by atoms with E-state index in [1.807, 2.05) is 0 Å². The highest BCUT2D eigenvalue weighted by atomic mass is 16.3. The molecule has 0 N–H and O–H groups in total. The molecule has 0 saturated heterocycles. The van der Waals surface area contributed by atoms with Crippen LogP contribution in [-0.2, 0) is 0 Å². The average Bonchev–Trinajstić information content (AvgIpc) is 3.64. The van der Waals surface area contributed by atoms with Crippen LogP contribution in [0.5, 0.6) is 0 Å². The first-order chi connectivity index (χ1) is 27.2. The molecule has 55 heavy (non-hydrogen) atoms. The lowest BCUT2D eigenvalue weighted by atomic mass is 9.91. The third kappa shape index (κ3) is 5.95. The smallest absolute Gasteiger partial charge is 0.137 e. The van der Waals surface area contributed by atoms with Gasteiger partial charge in [0.15, 0.2) is 0 Å². The van der Waals surface area contributed by atoms with Crippen LogP contribution in [0.25, 0.3) is 77.2 Å². The molecule has 0 unspecified atom stereocenters. The first kappa shape index (κ1) is 32.5. The highest BCUT2D eigenvalue weighted by Gasteiger charge is 2.21. The van der Waals surface area contributed by atoms with Gasteiger partial charge in [0.2, 0.25) is 0 Å². The number of aryl methyl sites for hydroxylation is 1. The Morgan fingerprint density at radius 1 is 0.364 bits per heavy atom. The topological polar surface area (TPSA) is 16.4 Å². The van der Waals surface area contributed by atoms with E-state index in [4.69, 9.17) is 4.42 Å². The Morgan fingerprint density at radius 2 is 0.945 bits per heavy atom. The zero-order valence-corrected chi connectivity index (χ0v) is 30.5. The molecule has 10 aromatic rings. The molecule has 0 bridgehead atoms. The summed E-state index contributed by atoms with van der Waals surface area (Å²) in [5.41, 5.74) is 15.7. The van der Waals surface area contributed by atoms with Gasteiger partial charge in [0.1, 0.15) is 11.2 Å². The van der Waals surface area contributed by atoms with Gasteiger partial charge in [-0.05, 0) is 111 Å². The predicted octanol–water partition coefficient (Wildman–Crippen LogP) is 15.2. The van der Waals surface area contributed by atoms with Crippen LogP contribution in [0, 0.1) is 6.92 Å². The minimum absolute atomic E-state index is 0.873. The maximum absolute atomic E-state index is 6.52. The zero-order valence-electron chi connectivity index (χ0n) is 30.5. The molecular formula is C53H37NO. The van der Waals surface area contributed by atoms with E-state index in [0.29, 0.717) is 0 Å². The minimum Gasteiger partial charge on any atom is -0.456 e. The van der Waals surface area contributed by atoms with Crippen molar-refractivity contribution in [1.29, 1.82) is 0 Å². The molecule has 0 spiro atoms. The molecule has 0 fully saturated rings. The molecular weight excluding hydrogens is 667 g/mol. The molecule has 0 atom stereocenters. The Morgan fingerprint density at radius 3 is 1.64 bits per heavy atom. The van der Waals surface area contributed by atoms with E-state index in [1.165, 1.54) is 49.5 Å². The summed E-state index contributed by atoms with van der Waals surface area (Å²) in [5, 5.41) is 4.69. The quantitative estimate of drug-likeness (QED) is 0.164. The maximum atomic E-state index is 6.52. The van der Waals surface area contributed by atoms with E-state index < -0.39 is 0 Å². The zero-order chi connectivity index (χ0) is 36.7. The molecule has 2 nitrogen and oxygen atoms in total. The molecule has 0 amide bonds. The van der Waals surface area contributed by atoms with Crippen LogP contribution in [0.15, 0.2) is 211 Å². The van der Waals surface area contributed by atoms with E-state index in [1.54, 1.807) is 0 Å². The normalized spacial score (nSPS) is 11.4. The summed E-state index contributed by atoms with van der Waals surface area (Å²) in [6.07, 6.45) is 0. The Kier molecular flexibility index (Phi) is 8.08. The Hall–Kier alpha value is -7.16. The highest BCUT2D eigenvalue weighted by molar-refractivity contribution is 6.08. The summed E-state index contributed by atoms with van der Waals surface area (Å²) in [5.74, 6) is 0. The lowest BCUT2D eigenvalue weighted by Crippen LogP contribution is -2.11. The first-order valence-corrected chi connectivity index (χ1v) is 18.8. The van der Waals surface area contributed by atoms with Gasteiger partial charge < -0.3 is 9.32 Å². The van der Waals surface area contributed by atoms with Gasteiger partial charge in [0.25, 0.3) is 0 Å². The highest BCUT2D eigenvalue weighted by Crippen LogP contribution is 2.45. The predicted molar refractivity (Wildman–Crippen MR) is 232 cm³/mol. The number of hydrogen-bond acceptors (Lipinski definition) is 2. The number of benzene rings is 9. The van der Waals surface area contributed by atoms with Gasteiger partial charge >= 0.3 is 0 Å². The van der Waals surface area contributed by atoms with Gasteiger partial charge in [-0.2, -0.15) is 0 Å². The summed E-state index contributed by atoms with van der Waals surface area (Å²) in [7, 11) is 0. The van der Waals surface area contributed by atoms with E-state index in [9.17, 15) is 0 Å². The molecule has 1 heterocycles. The van der Waals surface area contributed by atoms with E-state index in [-0.39, 0.29) is 0 Å². The third-order valence-corrected chi connectivity index (χ3v) is 10.8. The van der Waals surface area contributed by atoms with Gasteiger partial charge in [-0.1, -0.05) is 152 Å². The number of furan rings is 1. The Balaban J connectivity index is 1.15. The van der Waals surface area contributed by atoms with Gasteiger partial charge in [-0.25, -0.2) is 0 Å². The van der Waals surface area contributed by atoms with Crippen LogP contribution < -0.4 is 4.90 Å². The van der Waals surface area contributed by atoms with Crippen LogP contribution in [0.1, 0.15) is 5.56 Å². The van der Waals surface area contributed by atoms with Crippen LogP contribution in [-0.4, -0.2) is 0 Å². The second kappa shape index (κ2) is 13.7. The van der Waals surface area contributed by atoms with Gasteiger partial charge in [-0.15, -0.1) is 0 Å². The van der Waals surface area contributed by atoms with Gasteiger partial charge in [0, 0.05) is 33.8 Å².